The van der Waals surface area contributed by atoms with Crippen LogP contribution in [-0.2, 0) is 4.79 Å². The van der Waals surface area contributed by atoms with Gasteiger partial charge in [-0.3, -0.25) is 9.59 Å². The van der Waals surface area contributed by atoms with Crippen molar-refractivity contribution in [2.45, 2.75) is 46.1 Å². The molecule has 1 heterocycles. The Morgan fingerprint density at radius 1 is 1.03 bits per heavy atom. The van der Waals surface area contributed by atoms with Crippen LogP contribution in [0.4, 0.5) is 11.4 Å². The molecule has 166 valence electrons. The predicted molar refractivity (Wildman–Crippen MR) is 125 cm³/mol. The molecule has 0 bridgehead atoms. The Bertz CT molecular complexity index is 857. The molecule has 6 nitrogen and oxygen atoms in total. The van der Waals surface area contributed by atoms with Gasteiger partial charge >= 0.3 is 0 Å². The van der Waals surface area contributed by atoms with Gasteiger partial charge in [0.2, 0.25) is 5.91 Å². The van der Waals surface area contributed by atoms with Crippen LogP contribution in [0.2, 0.25) is 0 Å². The van der Waals surface area contributed by atoms with E-state index < -0.39 is 0 Å². The Kier molecular flexibility index (Phi) is 7.93. The lowest BCUT2D eigenvalue weighted by atomic mass is 9.98. The van der Waals surface area contributed by atoms with E-state index in [1.807, 2.05) is 60.4 Å². The molecule has 0 saturated carbocycles. The number of likely N-dealkylation sites (tertiary alicyclic amines) is 1. The summed E-state index contributed by atoms with van der Waals surface area (Å²) in [5, 5.41) is 5.96. The first-order chi connectivity index (χ1) is 14.9. The number of rotatable bonds is 8. The third-order valence-corrected chi connectivity index (χ3v) is 5.71. The van der Waals surface area contributed by atoms with Crippen molar-refractivity contribution in [3.05, 3.63) is 54.1 Å². The molecule has 0 aliphatic carbocycles. The highest BCUT2D eigenvalue weighted by Crippen LogP contribution is 2.20. The van der Waals surface area contributed by atoms with Crippen molar-refractivity contribution in [3.63, 3.8) is 0 Å². The fourth-order valence-electron chi connectivity index (χ4n) is 3.44. The summed E-state index contributed by atoms with van der Waals surface area (Å²) in [4.78, 5) is 26.8. The summed E-state index contributed by atoms with van der Waals surface area (Å²) in [6.07, 6.45) is 3.23. The van der Waals surface area contributed by atoms with Crippen molar-refractivity contribution < 1.29 is 14.3 Å². The van der Waals surface area contributed by atoms with Crippen LogP contribution in [0.3, 0.4) is 0 Å². The molecule has 2 N–H and O–H groups in total. The summed E-state index contributed by atoms with van der Waals surface area (Å²) in [5.41, 5.74) is 2.21. The van der Waals surface area contributed by atoms with E-state index in [1.54, 1.807) is 0 Å². The monoisotopic (exact) mass is 423 g/mol. The molecule has 0 spiro atoms. The van der Waals surface area contributed by atoms with Gasteiger partial charge < -0.3 is 20.3 Å². The summed E-state index contributed by atoms with van der Waals surface area (Å²) >= 11 is 0. The summed E-state index contributed by atoms with van der Waals surface area (Å²) in [7, 11) is 0. The van der Waals surface area contributed by atoms with Crippen LogP contribution in [0.15, 0.2) is 48.5 Å². The van der Waals surface area contributed by atoms with Gasteiger partial charge in [0.25, 0.3) is 5.91 Å². The molecule has 1 fully saturated rings. The van der Waals surface area contributed by atoms with Crippen molar-refractivity contribution in [2.75, 3.05) is 30.3 Å². The molecule has 1 atom stereocenters. The number of nitrogens with one attached hydrogen (secondary N) is 2. The predicted octanol–water partition coefficient (Wildman–Crippen LogP) is 4.79. The van der Waals surface area contributed by atoms with Crippen LogP contribution in [0, 0.1) is 5.92 Å². The molecule has 3 rings (SSSR count). The lowest BCUT2D eigenvalue weighted by molar-refractivity contribution is -0.114. The minimum Gasteiger partial charge on any atom is -0.491 e. The molecule has 2 aromatic carbocycles. The van der Waals surface area contributed by atoms with E-state index in [0.29, 0.717) is 11.5 Å². The Morgan fingerprint density at radius 2 is 1.65 bits per heavy atom. The van der Waals surface area contributed by atoms with E-state index in [2.05, 4.69) is 24.5 Å². The fraction of sp³-hybridized carbons (Fsp3) is 0.440. The number of carbonyl (C=O) groups excluding carboxylic acids is 2. The van der Waals surface area contributed by atoms with Crippen LogP contribution < -0.4 is 15.4 Å². The summed E-state index contributed by atoms with van der Waals surface area (Å²) < 4.78 is 5.75. The van der Waals surface area contributed by atoms with Crippen molar-refractivity contribution in [2.24, 2.45) is 5.92 Å². The van der Waals surface area contributed by atoms with Crippen molar-refractivity contribution >= 4 is 23.2 Å². The zero-order valence-electron chi connectivity index (χ0n) is 18.7. The molecule has 1 aliphatic rings. The van der Waals surface area contributed by atoms with Crippen LogP contribution in [0.5, 0.6) is 5.75 Å². The lowest BCUT2D eigenvalue weighted by Crippen LogP contribution is -2.37. The van der Waals surface area contributed by atoms with Gasteiger partial charge in [-0.15, -0.1) is 0 Å². The van der Waals surface area contributed by atoms with Gasteiger partial charge in [0.15, 0.2) is 0 Å². The average Bonchev–Trinajstić information content (AvgIpc) is 2.79. The van der Waals surface area contributed by atoms with E-state index in [4.69, 9.17) is 4.74 Å². The minimum absolute atomic E-state index is 0.0805. The molecular weight excluding hydrogens is 390 g/mol. The van der Waals surface area contributed by atoms with Crippen LogP contribution >= 0.6 is 0 Å². The third kappa shape index (κ3) is 6.74. The van der Waals surface area contributed by atoms with Crippen molar-refractivity contribution in [3.8, 4) is 5.75 Å². The second kappa shape index (κ2) is 10.8. The second-order valence-corrected chi connectivity index (χ2v) is 8.31. The summed E-state index contributed by atoms with van der Waals surface area (Å²) in [6, 6.07) is 14.7. The van der Waals surface area contributed by atoms with Crippen molar-refractivity contribution in [1.82, 2.24) is 4.90 Å². The van der Waals surface area contributed by atoms with E-state index in [9.17, 15) is 9.59 Å². The smallest absolute Gasteiger partial charge is 0.253 e. The molecule has 0 aromatic heterocycles. The zero-order valence-corrected chi connectivity index (χ0v) is 18.7. The van der Waals surface area contributed by atoms with Gasteiger partial charge in [-0.25, -0.2) is 0 Å². The Hall–Kier alpha value is -3.02. The number of piperidine rings is 1. The van der Waals surface area contributed by atoms with Crippen LogP contribution in [0.1, 0.15) is 50.4 Å². The van der Waals surface area contributed by atoms with E-state index >= 15 is 0 Å². The fourth-order valence-corrected chi connectivity index (χ4v) is 3.44. The molecule has 1 aliphatic heterocycles. The SMILES string of the molecule is CCC(C)Oc1ccc(NC(=O)CNc2ccc(C(=O)N3CCC(C)CC3)cc2)cc1. The highest BCUT2D eigenvalue weighted by Gasteiger charge is 2.21. The number of benzene rings is 2. The maximum absolute atomic E-state index is 12.6. The van der Waals surface area contributed by atoms with Crippen LogP contribution in [0.25, 0.3) is 0 Å². The molecule has 1 unspecified atom stereocenters. The maximum Gasteiger partial charge on any atom is 0.253 e. The summed E-state index contributed by atoms with van der Waals surface area (Å²) in [6.45, 7) is 8.12. The van der Waals surface area contributed by atoms with Gasteiger partial charge in [-0.2, -0.15) is 0 Å². The van der Waals surface area contributed by atoms with Gasteiger partial charge in [-0.05, 0) is 80.6 Å². The highest BCUT2D eigenvalue weighted by atomic mass is 16.5. The van der Waals surface area contributed by atoms with E-state index in [1.165, 1.54) is 0 Å². The first-order valence-corrected chi connectivity index (χ1v) is 11.1. The lowest BCUT2D eigenvalue weighted by Gasteiger charge is -2.30. The molecule has 6 heteroatoms. The highest BCUT2D eigenvalue weighted by molar-refractivity contribution is 5.95. The quantitative estimate of drug-likeness (QED) is 0.641. The molecule has 1 saturated heterocycles. The van der Waals surface area contributed by atoms with E-state index in [-0.39, 0.29) is 24.5 Å². The molecular formula is C25H33N3O3. The van der Waals surface area contributed by atoms with Gasteiger partial charge in [0, 0.05) is 30.0 Å². The first-order valence-electron chi connectivity index (χ1n) is 11.1. The van der Waals surface area contributed by atoms with Crippen molar-refractivity contribution in [1.29, 1.82) is 0 Å². The number of hydrogen-bond acceptors (Lipinski definition) is 4. The van der Waals surface area contributed by atoms with Gasteiger partial charge in [-0.1, -0.05) is 13.8 Å². The average molecular weight is 424 g/mol. The molecule has 0 radical (unpaired) electrons. The third-order valence-electron chi connectivity index (χ3n) is 5.71. The first kappa shape index (κ1) is 22.7. The standard InChI is InChI=1S/C25H33N3O3/c1-4-19(3)31-23-11-9-22(10-12-23)27-24(29)17-26-21-7-5-20(6-8-21)25(30)28-15-13-18(2)14-16-28/h5-12,18-19,26H,4,13-17H2,1-3H3,(H,27,29). The number of nitrogens with zero attached hydrogens (tertiary/aromatic N) is 1. The molecule has 31 heavy (non-hydrogen) atoms. The van der Waals surface area contributed by atoms with E-state index in [0.717, 1.165) is 49.5 Å². The minimum atomic E-state index is -0.141. The Balaban J connectivity index is 1.45. The molecule has 2 aromatic rings. The van der Waals surface area contributed by atoms with Gasteiger partial charge in [0.1, 0.15) is 5.75 Å². The largest absolute Gasteiger partial charge is 0.491 e. The zero-order chi connectivity index (χ0) is 22.2. The number of ether oxygens (including phenoxy) is 1. The number of anilines is 2. The van der Waals surface area contributed by atoms with Crippen LogP contribution in [-0.4, -0.2) is 42.5 Å². The topological polar surface area (TPSA) is 70.7 Å². The number of hydrogen-bond donors (Lipinski definition) is 2. The summed E-state index contributed by atoms with van der Waals surface area (Å²) in [5.74, 6) is 1.42. The Labute approximate surface area is 185 Å². The molecule has 2 amide bonds. The number of carbonyl (C=O) groups is 2. The maximum atomic E-state index is 12.6. The number of amides is 2. The Morgan fingerprint density at radius 3 is 2.26 bits per heavy atom. The second-order valence-electron chi connectivity index (χ2n) is 8.31. The van der Waals surface area contributed by atoms with Gasteiger partial charge in [0.05, 0.1) is 12.6 Å². The normalized spacial score (nSPS) is 15.3.